The molecular weight excluding hydrogens is 462 g/mol. The van der Waals surface area contributed by atoms with Crippen LogP contribution in [0.2, 0.25) is 0 Å². The quantitative estimate of drug-likeness (QED) is 0.265. The van der Waals surface area contributed by atoms with E-state index in [-0.39, 0.29) is 17.2 Å². The van der Waals surface area contributed by atoms with Gasteiger partial charge in [0.15, 0.2) is 0 Å². The second kappa shape index (κ2) is 10.8. The minimum Gasteiger partial charge on any atom is -0.322 e. The second-order valence-corrected chi connectivity index (χ2v) is 10.1. The van der Waals surface area contributed by atoms with Gasteiger partial charge in [0.25, 0.3) is 5.91 Å². The van der Waals surface area contributed by atoms with Crippen molar-refractivity contribution in [2.45, 2.75) is 40.3 Å². The average Bonchev–Trinajstić information content (AvgIpc) is 3.24. The zero-order chi connectivity index (χ0) is 26.6. The number of aromatic nitrogens is 2. The Morgan fingerprint density at radius 3 is 2.46 bits per heavy atom. The summed E-state index contributed by atoms with van der Waals surface area (Å²) in [5.41, 5.74) is 4.73. The Morgan fingerprint density at radius 2 is 1.76 bits per heavy atom. The molecule has 7 nitrogen and oxygen atoms in total. The number of anilines is 2. The van der Waals surface area contributed by atoms with Crippen molar-refractivity contribution < 1.29 is 9.59 Å². The molecule has 3 N–H and O–H groups in total. The second-order valence-electron chi connectivity index (χ2n) is 10.1. The lowest BCUT2D eigenvalue weighted by Gasteiger charge is -2.28. The summed E-state index contributed by atoms with van der Waals surface area (Å²) in [6.07, 6.45) is 1.22. The zero-order valence-corrected chi connectivity index (χ0v) is 21.7. The van der Waals surface area contributed by atoms with Gasteiger partial charge < -0.3 is 10.6 Å². The molecular formula is C30H33N5O2. The molecule has 1 aromatic heterocycles. The Bertz CT molecular complexity index is 1430. The molecule has 190 valence electrons. The van der Waals surface area contributed by atoms with Gasteiger partial charge in [-0.1, -0.05) is 57.7 Å². The third kappa shape index (κ3) is 6.13. The monoisotopic (exact) mass is 495 g/mol. The summed E-state index contributed by atoms with van der Waals surface area (Å²) >= 11 is 0. The van der Waals surface area contributed by atoms with Gasteiger partial charge in [0.2, 0.25) is 11.9 Å². The van der Waals surface area contributed by atoms with Crippen molar-refractivity contribution in [3.63, 3.8) is 0 Å². The summed E-state index contributed by atoms with van der Waals surface area (Å²) in [6, 6.07) is 22.8. The number of carbonyl (C=O) groups is 2. The molecule has 0 bridgehead atoms. The highest BCUT2D eigenvalue weighted by atomic mass is 16.2. The number of benzene rings is 3. The van der Waals surface area contributed by atoms with Crippen LogP contribution in [-0.2, 0) is 11.3 Å². The van der Waals surface area contributed by atoms with Crippen molar-refractivity contribution >= 4 is 34.5 Å². The van der Waals surface area contributed by atoms with Crippen LogP contribution < -0.4 is 16.0 Å². The van der Waals surface area contributed by atoms with E-state index >= 15 is 0 Å². The van der Waals surface area contributed by atoms with Gasteiger partial charge >= 0.3 is 0 Å². The molecule has 4 aromatic rings. The van der Waals surface area contributed by atoms with E-state index in [0.717, 1.165) is 22.3 Å². The number of hydrogen-bond acceptors (Lipinski definition) is 4. The maximum atomic E-state index is 13.0. The lowest BCUT2D eigenvalue weighted by Crippen LogP contribution is -2.37. The molecule has 0 aliphatic heterocycles. The zero-order valence-electron chi connectivity index (χ0n) is 21.7. The lowest BCUT2D eigenvalue weighted by atomic mass is 9.88. The van der Waals surface area contributed by atoms with Crippen LogP contribution in [0.4, 0.5) is 11.6 Å². The smallest absolute Gasteiger partial charge is 0.257 e. The first-order valence-corrected chi connectivity index (χ1v) is 12.3. The fourth-order valence-corrected chi connectivity index (χ4v) is 3.84. The number of fused-ring (bicyclic) bond motifs is 1. The first-order valence-electron chi connectivity index (χ1n) is 12.3. The van der Waals surface area contributed by atoms with Gasteiger partial charge in [-0.2, -0.15) is 0 Å². The first-order chi connectivity index (χ1) is 17.7. The van der Waals surface area contributed by atoms with Crippen molar-refractivity contribution in [2.24, 2.45) is 5.41 Å². The topological polar surface area (TPSA) is 88.1 Å². The molecule has 3 aromatic carbocycles. The van der Waals surface area contributed by atoms with Crippen molar-refractivity contribution in [3.05, 3.63) is 96.6 Å². The summed E-state index contributed by atoms with van der Waals surface area (Å²) < 4.78 is 1.88. The van der Waals surface area contributed by atoms with E-state index in [4.69, 9.17) is 4.98 Å². The number of nitrogens with zero attached hydrogens (tertiary/aromatic N) is 2. The Labute approximate surface area is 217 Å². The molecule has 0 fully saturated rings. The molecule has 0 saturated carbocycles. The number of imidazole rings is 1. The molecule has 0 unspecified atom stereocenters. The minimum atomic E-state index is -0.299. The highest BCUT2D eigenvalue weighted by Crippen LogP contribution is 2.28. The fraction of sp³-hybridized carbons (Fsp3) is 0.233. The molecule has 0 spiro atoms. The predicted octanol–water partition coefficient (Wildman–Crippen LogP) is 5.93. The van der Waals surface area contributed by atoms with Crippen LogP contribution in [0, 0.1) is 5.41 Å². The average molecular weight is 496 g/mol. The summed E-state index contributed by atoms with van der Waals surface area (Å²) in [4.78, 5) is 29.7. The maximum absolute atomic E-state index is 13.0. The van der Waals surface area contributed by atoms with Gasteiger partial charge in [0.1, 0.15) is 0 Å². The molecule has 0 aliphatic rings. The van der Waals surface area contributed by atoms with Crippen molar-refractivity contribution in [1.82, 2.24) is 14.9 Å². The number of rotatable bonds is 8. The highest BCUT2D eigenvalue weighted by Gasteiger charge is 2.20. The number of amides is 2. The van der Waals surface area contributed by atoms with E-state index in [1.165, 1.54) is 6.08 Å². The van der Waals surface area contributed by atoms with Crippen LogP contribution in [0.15, 0.2) is 85.5 Å². The van der Waals surface area contributed by atoms with E-state index in [1.807, 2.05) is 53.1 Å². The van der Waals surface area contributed by atoms with E-state index < -0.39 is 0 Å². The molecule has 7 heteroatoms. The summed E-state index contributed by atoms with van der Waals surface area (Å²) in [7, 11) is 0. The van der Waals surface area contributed by atoms with Crippen molar-refractivity contribution in [3.8, 4) is 5.69 Å². The van der Waals surface area contributed by atoms with E-state index in [2.05, 4.69) is 56.3 Å². The van der Waals surface area contributed by atoms with Gasteiger partial charge in [-0.15, -0.1) is 0 Å². The van der Waals surface area contributed by atoms with Crippen LogP contribution in [0.5, 0.6) is 0 Å². The molecule has 1 heterocycles. The molecule has 0 aliphatic carbocycles. The molecule has 0 saturated heterocycles. The molecule has 4 rings (SSSR count). The van der Waals surface area contributed by atoms with Gasteiger partial charge in [0, 0.05) is 23.8 Å². The minimum absolute atomic E-state index is 0.145. The SMILES string of the molecule is C=CC(=O)Nc1cccc(-n2c(NC(=O)c3ccccc3)nc3cc(CN[C@@H](C)C(C)(C)C)ccc32)c1. The molecule has 37 heavy (non-hydrogen) atoms. The maximum Gasteiger partial charge on any atom is 0.257 e. The summed E-state index contributed by atoms with van der Waals surface area (Å²) in [5.74, 6) is -0.162. The third-order valence-corrected chi connectivity index (χ3v) is 6.45. The molecule has 0 radical (unpaired) electrons. The largest absolute Gasteiger partial charge is 0.322 e. The number of hydrogen-bond donors (Lipinski definition) is 3. The van der Waals surface area contributed by atoms with Gasteiger partial charge in [0.05, 0.1) is 16.7 Å². The fourth-order valence-electron chi connectivity index (χ4n) is 3.84. The van der Waals surface area contributed by atoms with Crippen LogP contribution in [0.1, 0.15) is 43.6 Å². The van der Waals surface area contributed by atoms with Crippen LogP contribution in [-0.4, -0.2) is 27.4 Å². The molecule has 2 amide bonds. The molecule has 1 atom stereocenters. The van der Waals surface area contributed by atoms with Gasteiger partial charge in [-0.05, 0) is 66.4 Å². The van der Waals surface area contributed by atoms with E-state index in [9.17, 15) is 9.59 Å². The Balaban J connectivity index is 1.74. The highest BCUT2D eigenvalue weighted by molar-refractivity contribution is 6.04. The number of nitrogens with one attached hydrogen (secondary N) is 3. The normalized spacial score (nSPS) is 12.2. The Kier molecular flexibility index (Phi) is 7.55. The van der Waals surface area contributed by atoms with Crippen molar-refractivity contribution in [1.29, 1.82) is 0 Å². The van der Waals surface area contributed by atoms with Gasteiger partial charge in [-0.3, -0.25) is 19.5 Å². The van der Waals surface area contributed by atoms with Crippen molar-refractivity contribution in [2.75, 3.05) is 10.6 Å². The van der Waals surface area contributed by atoms with E-state index in [0.29, 0.717) is 29.8 Å². The standard InChI is InChI=1S/C30H33N5O2/c1-6-27(36)32-23-13-10-14-24(18-23)35-26-16-15-21(19-31-20(2)30(3,4)5)17-25(26)33-29(35)34-28(37)22-11-8-7-9-12-22/h6-18,20,31H,1,19H2,2-5H3,(H,32,36)(H,33,34,37)/t20-/m0/s1. The Hall–Kier alpha value is -4.23. The summed E-state index contributed by atoms with van der Waals surface area (Å²) in [5, 5.41) is 9.35. The summed E-state index contributed by atoms with van der Waals surface area (Å²) in [6.45, 7) is 13.0. The third-order valence-electron chi connectivity index (χ3n) is 6.45. The first kappa shape index (κ1) is 25.9. The van der Waals surface area contributed by atoms with Gasteiger partial charge in [-0.25, -0.2) is 4.98 Å². The van der Waals surface area contributed by atoms with Crippen LogP contribution in [0.3, 0.4) is 0 Å². The Morgan fingerprint density at radius 1 is 1.00 bits per heavy atom. The van der Waals surface area contributed by atoms with Crippen LogP contribution >= 0.6 is 0 Å². The number of carbonyl (C=O) groups excluding carboxylic acids is 2. The van der Waals surface area contributed by atoms with Crippen LogP contribution in [0.25, 0.3) is 16.7 Å². The van der Waals surface area contributed by atoms with E-state index in [1.54, 1.807) is 18.2 Å². The predicted molar refractivity (Wildman–Crippen MR) is 150 cm³/mol. The lowest BCUT2D eigenvalue weighted by molar-refractivity contribution is -0.111.